The van der Waals surface area contributed by atoms with E-state index in [0.29, 0.717) is 37.2 Å². The van der Waals surface area contributed by atoms with E-state index in [2.05, 4.69) is 5.32 Å². The molecule has 7 nitrogen and oxygen atoms in total. The van der Waals surface area contributed by atoms with E-state index in [1.807, 2.05) is 0 Å². The van der Waals surface area contributed by atoms with Gasteiger partial charge in [0.05, 0.1) is 6.61 Å². The molecule has 0 saturated carbocycles. The van der Waals surface area contributed by atoms with Crippen molar-refractivity contribution in [1.82, 2.24) is 10.2 Å². The fraction of sp³-hybridized carbons (Fsp3) is 0.318. The van der Waals surface area contributed by atoms with Crippen molar-refractivity contribution < 1.29 is 28.2 Å². The molecule has 1 saturated heterocycles. The van der Waals surface area contributed by atoms with Gasteiger partial charge in [0.1, 0.15) is 11.6 Å². The second-order valence-electron chi connectivity index (χ2n) is 6.86. The molecule has 0 radical (unpaired) electrons. The first-order valence-corrected chi connectivity index (χ1v) is 9.76. The molecule has 1 aliphatic rings. The number of nitrogens with zero attached hydrogens (tertiary/aromatic N) is 1. The van der Waals surface area contributed by atoms with E-state index in [0.717, 1.165) is 0 Å². The second kappa shape index (κ2) is 9.87. The summed E-state index contributed by atoms with van der Waals surface area (Å²) in [6.45, 7) is 2.88. The number of hydrogen-bond donors (Lipinski definition) is 1. The number of carbonyl (C=O) groups is 3. The van der Waals surface area contributed by atoms with E-state index in [1.54, 1.807) is 30.0 Å². The Balaban J connectivity index is 1.50. The topological polar surface area (TPSA) is 84.9 Å². The lowest BCUT2D eigenvalue weighted by molar-refractivity contribution is 0.0698. The number of hydrogen-bond acceptors (Lipinski definition) is 5. The van der Waals surface area contributed by atoms with Crippen LogP contribution in [0.3, 0.4) is 0 Å². The summed E-state index contributed by atoms with van der Waals surface area (Å²) < 4.78 is 23.0. The van der Waals surface area contributed by atoms with Crippen molar-refractivity contribution in [2.75, 3.05) is 19.7 Å². The summed E-state index contributed by atoms with van der Waals surface area (Å²) in [5.74, 6) is -0.616. The van der Waals surface area contributed by atoms with Crippen LogP contribution in [0.4, 0.5) is 9.18 Å². The lowest BCUT2D eigenvalue weighted by atomic mass is 10.0. The van der Waals surface area contributed by atoms with Gasteiger partial charge in [-0.05, 0) is 62.2 Å². The van der Waals surface area contributed by atoms with Gasteiger partial charge in [0.25, 0.3) is 11.8 Å². The van der Waals surface area contributed by atoms with Gasteiger partial charge in [-0.25, -0.2) is 9.18 Å². The van der Waals surface area contributed by atoms with Crippen LogP contribution >= 0.6 is 0 Å². The van der Waals surface area contributed by atoms with Crippen LogP contribution in [0.5, 0.6) is 5.75 Å². The molecule has 3 rings (SSSR count). The van der Waals surface area contributed by atoms with Gasteiger partial charge in [0, 0.05) is 30.3 Å². The quantitative estimate of drug-likeness (QED) is 0.599. The third kappa shape index (κ3) is 5.56. The summed E-state index contributed by atoms with van der Waals surface area (Å²) in [4.78, 5) is 38.0. The molecule has 2 aromatic rings. The van der Waals surface area contributed by atoms with E-state index in [-0.39, 0.29) is 30.0 Å². The summed E-state index contributed by atoms with van der Waals surface area (Å²) in [6, 6.07) is 11.7. The Hall–Kier alpha value is -3.42. The number of piperidine rings is 1. The van der Waals surface area contributed by atoms with Crippen LogP contribution in [0.1, 0.15) is 40.5 Å². The Labute approximate surface area is 173 Å². The first-order valence-electron chi connectivity index (χ1n) is 9.76. The minimum Gasteiger partial charge on any atom is -0.434 e. The first kappa shape index (κ1) is 21.3. The molecule has 0 spiro atoms. The lowest BCUT2D eigenvalue weighted by Crippen LogP contribution is -2.46. The molecule has 0 aromatic heterocycles. The van der Waals surface area contributed by atoms with Crippen LogP contribution in [0, 0.1) is 5.82 Å². The minimum absolute atomic E-state index is 0.0785. The maximum atomic E-state index is 13.3. The molecule has 0 aliphatic carbocycles. The standard InChI is InChI=1S/C22H23FN2O5/c1-2-29-22(28)30-19-8-6-15(7-9-19)21(27)25-12-10-18(11-13-25)24-20(26)16-4-3-5-17(23)14-16/h3-9,14,18H,2,10-13H2,1H3,(H,24,26). The van der Waals surface area contributed by atoms with E-state index >= 15 is 0 Å². The summed E-state index contributed by atoms with van der Waals surface area (Å²) in [5.41, 5.74) is 0.757. The molecule has 8 heteroatoms. The first-order chi connectivity index (χ1) is 14.5. The molecule has 1 fully saturated rings. The molecular formula is C22H23FN2O5. The maximum absolute atomic E-state index is 13.3. The molecule has 2 aromatic carbocycles. The van der Waals surface area contributed by atoms with Crippen molar-refractivity contribution >= 4 is 18.0 Å². The number of amides is 2. The highest BCUT2D eigenvalue weighted by Crippen LogP contribution is 2.18. The zero-order valence-electron chi connectivity index (χ0n) is 16.6. The zero-order chi connectivity index (χ0) is 21.5. The van der Waals surface area contributed by atoms with Crippen molar-refractivity contribution in [2.45, 2.75) is 25.8 Å². The number of rotatable bonds is 5. The largest absolute Gasteiger partial charge is 0.513 e. The van der Waals surface area contributed by atoms with Gasteiger partial charge in [-0.15, -0.1) is 0 Å². The van der Waals surface area contributed by atoms with E-state index in [4.69, 9.17) is 9.47 Å². The van der Waals surface area contributed by atoms with Gasteiger partial charge in [-0.2, -0.15) is 0 Å². The Morgan fingerprint density at radius 3 is 2.40 bits per heavy atom. The SMILES string of the molecule is CCOC(=O)Oc1ccc(C(=O)N2CCC(NC(=O)c3cccc(F)c3)CC2)cc1. The van der Waals surface area contributed by atoms with Gasteiger partial charge in [0.2, 0.25) is 0 Å². The summed E-state index contributed by atoms with van der Waals surface area (Å²) in [7, 11) is 0. The molecule has 0 unspecified atom stereocenters. The molecule has 1 aliphatic heterocycles. The third-order valence-electron chi connectivity index (χ3n) is 4.77. The summed E-state index contributed by atoms with van der Waals surface area (Å²) >= 11 is 0. The molecule has 2 amide bonds. The van der Waals surface area contributed by atoms with Crippen LogP contribution in [-0.4, -0.2) is 48.6 Å². The van der Waals surface area contributed by atoms with Gasteiger partial charge in [-0.1, -0.05) is 6.07 Å². The van der Waals surface area contributed by atoms with Crippen molar-refractivity contribution in [1.29, 1.82) is 0 Å². The van der Waals surface area contributed by atoms with Crippen molar-refractivity contribution in [3.8, 4) is 5.75 Å². The van der Waals surface area contributed by atoms with Gasteiger partial charge < -0.3 is 19.7 Å². The number of ether oxygens (including phenoxy) is 2. The fourth-order valence-corrected chi connectivity index (χ4v) is 3.22. The average molecular weight is 414 g/mol. The number of carbonyl (C=O) groups excluding carboxylic acids is 3. The fourth-order valence-electron chi connectivity index (χ4n) is 3.22. The number of nitrogens with one attached hydrogen (secondary N) is 1. The van der Waals surface area contributed by atoms with Crippen LogP contribution in [0.15, 0.2) is 48.5 Å². The Bertz CT molecular complexity index is 908. The molecule has 1 N–H and O–H groups in total. The summed E-state index contributed by atoms with van der Waals surface area (Å²) in [6.07, 6.45) is 0.423. The van der Waals surface area contributed by atoms with Crippen LogP contribution < -0.4 is 10.1 Å². The van der Waals surface area contributed by atoms with E-state index in [1.165, 1.54) is 30.3 Å². The third-order valence-corrected chi connectivity index (χ3v) is 4.77. The smallest absolute Gasteiger partial charge is 0.434 e. The molecular weight excluding hydrogens is 391 g/mol. The number of benzene rings is 2. The lowest BCUT2D eigenvalue weighted by Gasteiger charge is -2.32. The monoisotopic (exact) mass is 414 g/mol. The van der Waals surface area contributed by atoms with Crippen LogP contribution in [-0.2, 0) is 4.74 Å². The molecule has 30 heavy (non-hydrogen) atoms. The van der Waals surface area contributed by atoms with Crippen molar-refractivity contribution in [3.63, 3.8) is 0 Å². The van der Waals surface area contributed by atoms with E-state index < -0.39 is 12.0 Å². The normalized spacial score (nSPS) is 14.1. The average Bonchev–Trinajstić information content (AvgIpc) is 2.74. The Morgan fingerprint density at radius 1 is 1.07 bits per heavy atom. The van der Waals surface area contributed by atoms with Crippen molar-refractivity contribution in [2.24, 2.45) is 0 Å². The minimum atomic E-state index is -0.793. The highest BCUT2D eigenvalue weighted by molar-refractivity contribution is 5.95. The highest BCUT2D eigenvalue weighted by Gasteiger charge is 2.25. The van der Waals surface area contributed by atoms with Crippen LogP contribution in [0.2, 0.25) is 0 Å². The summed E-state index contributed by atoms with van der Waals surface area (Å²) in [5, 5.41) is 2.89. The van der Waals surface area contributed by atoms with Crippen molar-refractivity contribution in [3.05, 3.63) is 65.5 Å². The van der Waals surface area contributed by atoms with Gasteiger partial charge in [0.15, 0.2) is 0 Å². The second-order valence-corrected chi connectivity index (χ2v) is 6.86. The zero-order valence-corrected chi connectivity index (χ0v) is 16.6. The molecule has 1 heterocycles. The number of likely N-dealkylation sites (tertiary alicyclic amines) is 1. The maximum Gasteiger partial charge on any atom is 0.513 e. The Morgan fingerprint density at radius 2 is 1.77 bits per heavy atom. The number of halogens is 1. The van der Waals surface area contributed by atoms with E-state index in [9.17, 15) is 18.8 Å². The Kier molecular flexibility index (Phi) is 7.00. The van der Waals surface area contributed by atoms with Crippen LogP contribution in [0.25, 0.3) is 0 Å². The predicted molar refractivity (Wildman–Crippen MR) is 107 cm³/mol. The molecule has 0 atom stereocenters. The molecule has 0 bridgehead atoms. The molecule has 158 valence electrons. The highest BCUT2D eigenvalue weighted by atomic mass is 19.1. The van der Waals surface area contributed by atoms with Gasteiger partial charge in [-0.3, -0.25) is 9.59 Å². The predicted octanol–water partition coefficient (Wildman–Crippen LogP) is 3.40. The van der Waals surface area contributed by atoms with Gasteiger partial charge >= 0.3 is 6.16 Å².